The second kappa shape index (κ2) is 5.37. The third-order valence-corrected chi connectivity index (χ3v) is 3.07. The molecule has 0 heterocycles. The van der Waals surface area contributed by atoms with Gasteiger partial charge in [0.25, 0.3) is 5.91 Å². The van der Waals surface area contributed by atoms with Gasteiger partial charge in [-0.1, -0.05) is 23.7 Å². The fourth-order valence-electron chi connectivity index (χ4n) is 1.77. The summed E-state index contributed by atoms with van der Waals surface area (Å²) in [6, 6.07) is 6.61. The van der Waals surface area contributed by atoms with Crippen LogP contribution in [0.3, 0.4) is 0 Å². The van der Waals surface area contributed by atoms with Gasteiger partial charge in [-0.05, 0) is 36.4 Å². The minimum atomic E-state index is -0.0654. The lowest BCUT2D eigenvalue weighted by Gasteiger charge is -2.25. The minimum absolute atomic E-state index is 0.0654. The number of benzene rings is 1. The summed E-state index contributed by atoms with van der Waals surface area (Å²) in [4.78, 5) is 14.4. The lowest BCUT2D eigenvalue weighted by molar-refractivity contribution is 0.0939. The molecule has 0 unspecified atom stereocenters. The number of nitrogens with zero attached hydrogens (tertiary/aromatic N) is 3. The third-order valence-electron chi connectivity index (χ3n) is 3.07. The molecule has 2 rings (SSSR count). The SMILES string of the molecule is [N-]=[N+]=Nc1ccc(C(=O)NCC2CCC2)cc1. The summed E-state index contributed by atoms with van der Waals surface area (Å²) in [7, 11) is 0. The van der Waals surface area contributed by atoms with E-state index in [-0.39, 0.29) is 5.91 Å². The van der Waals surface area contributed by atoms with Crippen LogP contribution >= 0.6 is 0 Å². The Hall–Kier alpha value is -2.00. The number of amides is 1. The first-order valence-corrected chi connectivity index (χ1v) is 5.73. The van der Waals surface area contributed by atoms with E-state index in [0.29, 0.717) is 17.2 Å². The molecule has 0 spiro atoms. The first-order chi connectivity index (χ1) is 8.29. The van der Waals surface area contributed by atoms with Crippen LogP contribution in [0.2, 0.25) is 0 Å². The number of nitrogens with one attached hydrogen (secondary N) is 1. The van der Waals surface area contributed by atoms with Crippen LogP contribution in [0.1, 0.15) is 29.6 Å². The van der Waals surface area contributed by atoms with Crippen LogP contribution in [0.15, 0.2) is 29.4 Å². The van der Waals surface area contributed by atoms with E-state index in [4.69, 9.17) is 5.53 Å². The normalized spacial score (nSPS) is 14.6. The number of carbonyl (C=O) groups is 1. The summed E-state index contributed by atoms with van der Waals surface area (Å²) >= 11 is 0. The molecular weight excluding hydrogens is 216 g/mol. The summed E-state index contributed by atoms with van der Waals surface area (Å²) < 4.78 is 0. The topological polar surface area (TPSA) is 77.9 Å². The maximum absolute atomic E-state index is 11.7. The van der Waals surface area contributed by atoms with Crippen LogP contribution in [0.25, 0.3) is 10.4 Å². The van der Waals surface area contributed by atoms with Gasteiger partial charge in [0.05, 0.1) is 0 Å². The highest BCUT2D eigenvalue weighted by Crippen LogP contribution is 2.25. The van der Waals surface area contributed by atoms with Gasteiger partial charge < -0.3 is 5.32 Å². The molecule has 1 aliphatic carbocycles. The van der Waals surface area contributed by atoms with Crippen LogP contribution in [0, 0.1) is 5.92 Å². The van der Waals surface area contributed by atoms with Gasteiger partial charge in [0.2, 0.25) is 0 Å². The first-order valence-electron chi connectivity index (χ1n) is 5.73. The number of azide groups is 1. The molecule has 0 bridgehead atoms. The Morgan fingerprint density at radius 3 is 2.65 bits per heavy atom. The van der Waals surface area contributed by atoms with E-state index >= 15 is 0 Å². The third kappa shape index (κ3) is 2.98. The molecule has 1 amide bonds. The zero-order valence-electron chi connectivity index (χ0n) is 9.47. The van der Waals surface area contributed by atoms with E-state index in [2.05, 4.69) is 15.3 Å². The van der Waals surface area contributed by atoms with Gasteiger partial charge in [0.15, 0.2) is 0 Å². The molecule has 1 aromatic rings. The number of carbonyl (C=O) groups excluding carboxylic acids is 1. The lowest BCUT2D eigenvalue weighted by atomic mass is 9.85. The smallest absolute Gasteiger partial charge is 0.251 e. The Morgan fingerprint density at radius 2 is 2.12 bits per heavy atom. The van der Waals surface area contributed by atoms with Crippen LogP contribution in [-0.4, -0.2) is 12.5 Å². The van der Waals surface area contributed by atoms with Crippen LogP contribution in [-0.2, 0) is 0 Å². The van der Waals surface area contributed by atoms with Crippen molar-refractivity contribution in [3.63, 3.8) is 0 Å². The molecule has 0 atom stereocenters. The van der Waals surface area contributed by atoms with Gasteiger partial charge in [-0.15, -0.1) is 0 Å². The first kappa shape index (κ1) is 11.5. The van der Waals surface area contributed by atoms with Crippen LogP contribution in [0.4, 0.5) is 5.69 Å². The fraction of sp³-hybridized carbons (Fsp3) is 0.417. The van der Waals surface area contributed by atoms with Crippen molar-refractivity contribution >= 4 is 11.6 Å². The van der Waals surface area contributed by atoms with Crippen LogP contribution in [0.5, 0.6) is 0 Å². The van der Waals surface area contributed by atoms with Gasteiger partial charge in [-0.3, -0.25) is 4.79 Å². The largest absolute Gasteiger partial charge is 0.352 e. The molecule has 5 nitrogen and oxygen atoms in total. The second-order valence-electron chi connectivity index (χ2n) is 4.24. The molecule has 5 heteroatoms. The predicted molar refractivity (Wildman–Crippen MR) is 64.9 cm³/mol. The minimum Gasteiger partial charge on any atom is -0.352 e. The number of hydrogen-bond donors (Lipinski definition) is 1. The average molecular weight is 230 g/mol. The molecule has 0 saturated heterocycles. The summed E-state index contributed by atoms with van der Waals surface area (Å²) in [5.41, 5.74) is 9.37. The molecule has 1 fully saturated rings. The van der Waals surface area contributed by atoms with E-state index in [1.54, 1.807) is 24.3 Å². The van der Waals surface area contributed by atoms with Gasteiger partial charge >= 0.3 is 0 Å². The molecule has 1 aromatic carbocycles. The summed E-state index contributed by atoms with van der Waals surface area (Å²) in [5.74, 6) is 0.589. The molecular formula is C12H14N4O. The predicted octanol–water partition coefficient (Wildman–Crippen LogP) is 3.16. The summed E-state index contributed by atoms with van der Waals surface area (Å²) in [6.45, 7) is 0.761. The van der Waals surface area contributed by atoms with E-state index in [1.807, 2.05) is 0 Å². The summed E-state index contributed by atoms with van der Waals surface area (Å²) in [5, 5.41) is 6.36. The van der Waals surface area contributed by atoms with Crippen molar-refractivity contribution in [2.24, 2.45) is 11.0 Å². The van der Waals surface area contributed by atoms with Crippen molar-refractivity contribution in [1.29, 1.82) is 0 Å². The van der Waals surface area contributed by atoms with Gasteiger partial charge in [0.1, 0.15) is 0 Å². The zero-order chi connectivity index (χ0) is 12.1. The molecule has 17 heavy (non-hydrogen) atoms. The van der Waals surface area contributed by atoms with Crippen molar-refractivity contribution in [1.82, 2.24) is 5.32 Å². The maximum Gasteiger partial charge on any atom is 0.251 e. The molecule has 0 aliphatic heterocycles. The molecule has 0 radical (unpaired) electrons. The molecule has 1 saturated carbocycles. The Kier molecular flexibility index (Phi) is 3.62. The van der Waals surface area contributed by atoms with Crippen LogP contribution < -0.4 is 5.32 Å². The molecule has 1 N–H and O–H groups in total. The van der Waals surface area contributed by atoms with Gasteiger partial charge in [-0.2, -0.15) is 0 Å². The maximum atomic E-state index is 11.7. The highest BCUT2D eigenvalue weighted by Gasteiger charge is 2.18. The van der Waals surface area contributed by atoms with Gasteiger partial charge in [-0.25, -0.2) is 0 Å². The van der Waals surface area contributed by atoms with Gasteiger partial charge in [0, 0.05) is 22.7 Å². The quantitative estimate of drug-likeness (QED) is 0.481. The Balaban J connectivity index is 1.91. The fourth-order valence-corrected chi connectivity index (χ4v) is 1.77. The Morgan fingerprint density at radius 1 is 1.41 bits per heavy atom. The van der Waals surface area contributed by atoms with Crippen molar-refractivity contribution < 1.29 is 4.79 Å². The highest BCUT2D eigenvalue weighted by atomic mass is 16.1. The number of rotatable bonds is 4. The standard InChI is InChI=1S/C12H14N4O/c13-16-15-11-6-4-10(5-7-11)12(17)14-8-9-2-1-3-9/h4-7,9H,1-3,8H2,(H,14,17). The van der Waals surface area contributed by atoms with Crippen molar-refractivity contribution in [2.75, 3.05) is 6.54 Å². The molecule has 1 aliphatic rings. The second-order valence-corrected chi connectivity index (χ2v) is 4.24. The van der Waals surface area contributed by atoms with Crippen molar-refractivity contribution in [2.45, 2.75) is 19.3 Å². The molecule has 88 valence electrons. The number of hydrogen-bond acceptors (Lipinski definition) is 2. The van der Waals surface area contributed by atoms with E-state index in [0.717, 1.165) is 6.54 Å². The monoisotopic (exact) mass is 230 g/mol. The zero-order valence-corrected chi connectivity index (χ0v) is 9.47. The summed E-state index contributed by atoms with van der Waals surface area (Å²) in [6.07, 6.45) is 3.72. The van der Waals surface area contributed by atoms with Crippen molar-refractivity contribution in [3.8, 4) is 0 Å². The van der Waals surface area contributed by atoms with E-state index < -0.39 is 0 Å². The van der Waals surface area contributed by atoms with E-state index in [1.165, 1.54) is 19.3 Å². The van der Waals surface area contributed by atoms with Crippen molar-refractivity contribution in [3.05, 3.63) is 40.3 Å². The highest BCUT2D eigenvalue weighted by molar-refractivity contribution is 5.94. The molecule has 0 aromatic heterocycles. The Labute approximate surface area is 99.5 Å². The van der Waals surface area contributed by atoms with E-state index in [9.17, 15) is 4.79 Å². The average Bonchev–Trinajstić information content (AvgIpc) is 2.28. The lowest BCUT2D eigenvalue weighted by Crippen LogP contribution is -2.32. The Bertz CT molecular complexity index is 444.